The normalized spacial score (nSPS) is 23.5. The third-order valence-electron chi connectivity index (χ3n) is 2.08. The van der Waals surface area contributed by atoms with Gasteiger partial charge in [0.25, 0.3) is 0 Å². The molecule has 0 aliphatic carbocycles. The fourth-order valence-electron chi connectivity index (χ4n) is 1.21. The number of ether oxygens (including phenoxy) is 1. The first-order valence-corrected chi connectivity index (χ1v) is 4.64. The summed E-state index contributed by atoms with van der Waals surface area (Å²) in [6.45, 7) is 7.52. The second-order valence-electron chi connectivity index (χ2n) is 4.63. The molecule has 1 aliphatic rings. The number of hydrogen-bond acceptors (Lipinski definition) is 4. The van der Waals surface area contributed by atoms with Crippen molar-refractivity contribution in [1.82, 2.24) is 0 Å². The van der Waals surface area contributed by atoms with Crippen molar-refractivity contribution in [3.63, 3.8) is 0 Å². The molecule has 0 fully saturated rings. The lowest BCUT2D eigenvalue weighted by Crippen LogP contribution is -2.33. The highest BCUT2D eigenvalue weighted by Gasteiger charge is 2.33. The zero-order valence-electron chi connectivity index (χ0n) is 9.16. The van der Waals surface area contributed by atoms with Crippen molar-refractivity contribution in [3.8, 4) is 0 Å². The van der Waals surface area contributed by atoms with E-state index in [4.69, 9.17) is 15.6 Å². The zero-order chi connectivity index (χ0) is 11.0. The molecule has 3 N–H and O–H groups in total. The number of aliphatic hydroxyl groups is 1. The number of aliphatic hydroxyl groups excluding tert-OH is 1. The SMILES string of the molecule is CC(C)(CO)N=C1C=C(N)OC1(C)C. The van der Waals surface area contributed by atoms with Gasteiger partial charge in [0.05, 0.1) is 17.9 Å². The molecule has 0 aromatic carbocycles. The van der Waals surface area contributed by atoms with Gasteiger partial charge in [-0.2, -0.15) is 0 Å². The molecule has 1 rings (SSSR count). The van der Waals surface area contributed by atoms with E-state index in [-0.39, 0.29) is 6.61 Å². The second kappa shape index (κ2) is 3.28. The molecule has 80 valence electrons. The predicted octanol–water partition coefficient (Wildman–Crippen LogP) is 0.807. The van der Waals surface area contributed by atoms with Crippen LogP contribution in [-0.4, -0.2) is 28.6 Å². The second-order valence-corrected chi connectivity index (χ2v) is 4.63. The third kappa shape index (κ3) is 2.26. The van der Waals surface area contributed by atoms with E-state index in [9.17, 15) is 0 Å². The van der Waals surface area contributed by atoms with Crippen molar-refractivity contribution < 1.29 is 9.84 Å². The van der Waals surface area contributed by atoms with E-state index in [1.807, 2.05) is 27.7 Å². The van der Waals surface area contributed by atoms with Gasteiger partial charge in [0.15, 0.2) is 5.88 Å². The van der Waals surface area contributed by atoms with Gasteiger partial charge >= 0.3 is 0 Å². The van der Waals surface area contributed by atoms with Crippen LogP contribution in [0, 0.1) is 0 Å². The van der Waals surface area contributed by atoms with Crippen molar-refractivity contribution in [2.24, 2.45) is 10.7 Å². The highest BCUT2D eigenvalue weighted by molar-refractivity contribution is 6.03. The Morgan fingerprint density at radius 3 is 2.50 bits per heavy atom. The fraction of sp³-hybridized carbons (Fsp3) is 0.700. The Kier molecular flexibility index (Phi) is 2.58. The summed E-state index contributed by atoms with van der Waals surface area (Å²) in [5.74, 6) is 0.377. The minimum Gasteiger partial charge on any atom is -0.467 e. The lowest BCUT2D eigenvalue weighted by Gasteiger charge is -2.23. The van der Waals surface area contributed by atoms with Crippen LogP contribution < -0.4 is 5.73 Å². The van der Waals surface area contributed by atoms with E-state index >= 15 is 0 Å². The molecule has 0 aromatic heterocycles. The van der Waals surface area contributed by atoms with Gasteiger partial charge in [-0.3, -0.25) is 4.99 Å². The van der Waals surface area contributed by atoms with E-state index < -0.39 is 11.1 Å². The molecule has 4 heteroatoms. The van der Waals surface area contributed by atoms with Crippen LogP contribution in [0.3, 0.4) is 0 Å². The van der Waals surface area contributed by atoms with Gasteiger partial charge in [-0.05, 0) is 27.7 Å². The summed E-state index contributed by atoms with van der Waals surface area (Å²) in [7, 11) is 0. The number of nitrogens with zero attached hydrogens (tertiary/aromatic N) is 1. The van der Waals surface area contributed by atoms with Gasteiger partial charge in [0, 0.05) is 6.08 Å². The summed E-state index contributed by atoms with van der Waals surface area (Å²) in [4.78, 5) is 4.41. The van der Waals surface area contributed by atoms with E-state index in [0.29, 0.717) is 5.88 Å². The molecule has 0 aromatic rings. The summed E-state index contributed by atoms with van der Waals surface area (Å²) >= 11 is 0. The van der Waals surface area contributed by atoms with E-state index in [2.05, 4.69) is 4.99 Å². The van der Waals surface area contributed by atoms with E-state index in [0.717, 1.165) is 5.71 Å². The van der Waals surface area contributed by atoms with Crippen LogP contribution >= 0.6 is 0 Å². The molecule has 0 saturated carbocycles. The molecule has 0 bridgehead atoms. The number of nitrogens with two attached hydrogens (primary N) is 1. The topological polar surface area (TPSA) is 67.8 Å². The predicted molar refractivity (Wildman–Crippen MR) is 56.0 cm³/mol. The highest BCUT2D eigenvalue weighted by Crippen LogP contribution is 2.25. The average molecular weight is 198 g/mol. The van der Waals surface area contributed by atoms with Crippen molar-refractivity contribution in [1.29, 1.82) is 0 Å². The quantitative estimate of drug-likeness (QED) is 0.690. The molecule has 0 spiro atoms. The Morgan fingerprint density at radius 2 is 2.14 bits per heavy atom. The van der Waals surface area contributed by atoms with Crippen molar-refractivity contribution in [2.45, 2.75) is 38.8 Å². The van der Waals surface area contributed by atoms with E-state index in [1.54, 1.807) is 6.08 Å². The summed E-state index contributed by atoms with van der Waals surface area (Å²) < 4.78 is 5.38. The Bertz CT molecular complexity index is 290. The standard InChI is InChI=1S/C10H18N2O2/c1-9(2,6-13)12-7-5-8(11)14-10(7,3)4/h5,13H,6,11H2,1-4H3. The maximum Gasteiger partial charge on any atom is 0.187 e. The van der Waals surface area contributed by atoms with Crippen LogP contribution in [-0.2, 0) is 4.74 Å². The fourth-order valence-corrected chi connectivity index (χ4v) is 1.21. The van der Waals surface area contributed by atoms with Crippen LogP contribution in [0.5, 0.6) is 0 Å². The lowest BCUT2D eigenvalue weighted by atomic mass is 10.0. The Labute approximate surface area is 84.5 Å². The maximum absolute atomic E-state index is 9.09. The molecular formula is C10H18N2O2. The van der Waals surface area contributed by atoms with Gasteiger partial charge in [-0.15, -0.1) is 0 Å². The summed E-state index contributed by atoms with van der Waals surface area (Å²) in [6, 6.07) is 0. The minimum absolute atomic E-state index is 0.000322. The monoisotopic (exact) mass is 198 g/mol. The molecule has 1 aliphatic heterocycles. The molecule has 14 heavy (non-hydrogen) atoms. The molecular weight excluding hydrogens is 180 g/mol. The molecule has 0 saturated heterocycles. The molecule has 0 amide bonds. The van der Waals surface area contributed by atoms with Gasteiger partial charge < -0.3 is 15.6 Å². The summed E-state index contributed by atoms with van der Waals surface area (Å²) in [5.41, 5.74) is 5.35. The Morgan fingerprint density at radius 1 is 1.57 bits per heavy atom. The van der Waals surface area contributed by atoms with Crippen LogP contribution in [0.25, 0.3) is 0 Å². The van der Waals surface area contributed by atoms with Crippen molar-refractivity contribution in [3.05, 3.63) is 12.0 Å². The molecule has 0 unspecified atom stereocenters. The Balaban J connectivity index is 2.98. The number of aliphatic imine (C=N–C) groups is 1. The molecule has 0 radical (unpaired) electrons. The molecule has 4 nitrogen and oxygen atoms in total. The third-order valence-corrected chi connectivity index (χ3v) is 2.08. The van der Waals surface area contributed by atoms with Gasteiger partial charge in [0.1, 0.15) is 5.60 Å². The first kappa shape index (κ1) is 11.0. The lowest BCUT2D eigenvalue weighted by molar-refractivity contribution is 0.106. The first-order valence-electron chi connectivity index (χ1n) is 4.64. The average Bonchev–Trinajstić information content (AvgIpc) is 2.24. The highest BCUT2D eigenvalue weighted by atomic mass is 16.5. The molecule has 1 heterocycles. The first-order chi connectivity index (χ1) is 6.27. The largest absolute Gasteiger partial charge is 0.467 e. The van der Waals surface area contributed by atoms with Gasteiger partial charge in [-0.25, -0.2) is 0 Å². The number of rotatable bonds is 2. The minimum atomic E-state index is -0.490. The maximum atomic E-state index is 9.09. The van der Waals surface area contributed by atoms with Crippen LogP contribution in [0.4, 0.5) is 0 Å². The van der Waals surface area contributed by atoms with E-state index in [1.165, 1.54) is 0 Å². The zero-order valence-corrected chi connectivity index (χ0v) is 9.16. The van der Waals surface area contributed by atoms with Gasteiger partial charge in [-0.1, -0.05) is 0 Å². The Hall–Kier alpha value is -1.03. The molecule has 0 atom stereocenters. The summed E-state index contributed by atoms with van der Waals surface area (Å²) in [6.07, 6.45) is 1.71. The van der Waals surface area contributed by atoms with Gasteiger partial charge in [0.2, 0.25) is 0 Å². The number of hydrogen-bond donors (Lipinski definition) is 2. The van der Waals surface area contributed by atoms with Crippen molar-refractivity contribution >= 4 is 5.71 Å². The van der Waals surface area contributed by atoms with Crippen molar-refractivity contribution in [2.75, 3.05) is 6.61 Å². The summed E-state index contributed by atoms with van der Waals surface area (Å²) in [5, 5.41) is 9.09. The van der Waals surface area contributed by atoms with Crippen LogP contribution in [0.2, 0.25) is 0 Å². The van der Waals surface area contributed by atoms with Crippen LogP contribution in [0.15, 0.2) is 17.0 Å². The van der Waals surface area contributed by atoms with Crippen LogP contribution in [0.1, 0.15) is 27.7 Å². The smallest absolute Gasteiger partial charge is 0.187 e.